The van der Waals surface area contributed by atoms with Crippen molar-refractivity contribution in [3.05, 3.63) is 47.5 Å². The standard InChI is InChI=1S/C16H14N2O2S/c1-21-16-4-2-3-13(12(16)8-17)18-9-11-5-6-14-15(7-11)20-10-19-14/h2-7,18H,9-10H2,1H3. The number of nitrogens with zero attached hydrogens (tertiary/aromatic N) is 1. The molecule has 4 nitrogen and oxygen atoms in total. The number of benzene rings is 2. The molecule has 0 bridgehead atoms. The van der Waals surface area contributed by atoms with E-state index in [1.54, 1.807) is 11.8 Å². The van der Waals surface area contributed by atoms with E-state index in [0.29, 0.717) is 12.1 Å². The van der Waals surface area contributed by atoms with Gasteiger partial charge in [-0.05, 0) is 36.1 Å². The molecule has 0 radical (unpaired) electrons. The van der Waals surface area contributed by atoms with Crippen molar-refractivity contribution in [1.82, 2.24) is 0 Å². The van der Waals surface area contributed by atoms with Gasteiger partial charge in [-0.1, -0.05) is 12.1 Å². The monoisotopic (exact) mass is 298 g/mol. The van der Waals surface area contributed by atoms with E-state index in [1.165, 1.54) is 0 Å². The average Bonchev–Trinajstić information content (AvgIpc) is 2.99. The van der Waals surface area contributed by atoms with Crippen LogP contribution in [0.2, 0.25) is 0 Å². The quantitative estimate of drug-likeness (QED) is 0.874. The Morgan fingerprint density at radius 3 is 2.90 bits per heavy atom. The SMILES string of the molecule is CSc1cccc(NCc2ccc3c(c2)OCO3)c1C#N. The van der Waals surface area contributed by atoms with Crippen LogP contribution in [0.4, 0.5) is 5.69 Å². The number of nitrogens with one attached hydrogen (secondary N) is 1. The molecule has 2 aromatic rings. The molecule has 2 aromatic carbocycles. The van der Waals surface area contributed by atoms with Crippen LogP contribution in [-0.4, -0.2) is 13.0 Å². The number of rotatable bonds is 4. The van der Waals surface area contributed by atoms with Gasteiger partial charge in [0.25, 0.3) is 0 Å². The maximum Gasteiger partial charge on any atom is 0.231 e. The van der Waals surface area contributed by atoms with Gasteiger partial charge in [0.1, 0.15) is 6.07 Å². The second-order valence-electron chi connectivity index (χ2n) is 4.54. The Morgan fingerprint density at radius 1 is 1.24 bits per heavy atom. The molecule has 0 unspecified atom stereocenters. The van der Waals surface area contributed by atoms with Crippen LogP contribution in [0.15, 0.2) is 41.3 Å². The summed E-state index contributed by atoms with van der Waals surface area (Å²) in [5.74, 6) is 1.55. The number of anilines is 1. The van der Waals surface area contributed by atoms with Crippen molar-refractivity contribution in [2.45, 2.75) is 11.4 Å². The summed E-state index contributed by atoms with van der Waals surface area (Å²) in [5.41, 5.74) is 2.62. The van der Waals surface area contributed by atoms with Gasteiger partial charge in [-0.25, -0.2) is 0 Å². The lowest BCUT2D eigenvalue weighted by molar-refractivity contribution is 0.174. The molecule has 0 fully saturated rings. The predicted molar refractivity (Wildman–Crippen MR) is 82.8 cm³/mol. The van der Waals surface area contributed by atoms with Crippen LogP contribution >= 0.6 is 11.8 Å². The Morgan fingerprint density at radius 2 is 2.10 bits per heavy atom. The minimum atomic E-state index is 0.278. The van der Waals surface area contributed by atoms with Crippen molar-refractivity contribution in [2.24, 2.45) is 0 Å². The highest BCUT2D eigenvalue weighted by molar-refractivity contribution is 7.98. The topological polar surface area (TPSA) is 54.3 Å². The third kappa shape index (κ3) is 2.76. The maximum absolute atomic E-state index is 9.31. The normalized spacial score (nSPS) is 12.0. The summed E-state index contributed by atoms with van der Waals surface area (Å²) in [6.07, 6.45) is 1.97. The molecule has 0 aromatic heterocycles. The van der Waals surface area contributed by atoms with E-state index in [2.05, 4.69) is 11.4 Å². The van der Waals surface area contributed by atoms with Crippen molar-refractivity contribution in [1.29, 1.82) is 5.26 Å². The molecule has 3 rings (SSSR count). The molecule has 0 atom stereocenters. The van der Waals surface area contributed by atoms with Crippen LogP contribution < -0.4 is 14.8 Å². The summed E-state index contributed by atoms with van der Waals surface area (Å²) in [6, 6.07) is 13.9. The summed E-state index contributed by atoms with van der Waals surface area (Å²) in [5, 5.41) is 12.6. The first-order chi connectivity index (χ1) is 10.3. The van der Waals surface area contributed by atoms with Gasteiger partial charge in [0, 0.05) is 11.4 Å². The number of hydrogen-bond donors (Lipinski definition) is 1. The van der Waals surface area contributed by atoms with Gasteiger partial charge >= 0.3 is 0 Å². The molecule has 0 spiro atoms. The molecule has 1 heterocycles. The van der Waals surface area contributed by atoms with Gasteiger partial charge in [0.15, 0.2) is 11.5 Å². The van der Waals surface area contributed by atoms with Crippen molar-refractivity contribution in [2.75, 3.05) is 18.4 Å². The zero-order chi connectivity index (χ0) is 14.7. The average molecular weight is 298 g/mol. The van der Waals surface area contributed by atoms with Gasteiger partial charge in [-0.3, -0.25) is 0 Å². The van der Waals surface area contributed by atoms with Crippen molar-refractivity contribution in [3.8, 4) is 17.6 Å². The van der Waals surface area contributed by atoms with E-state index >= 15 is 0 Å². The Kier molecular flexibility index (Phi) is 3.89. The summed E-state index contributed by atoms with van der Waals surface area (Å²) in [6.45, 7) is 0.906. The molecule has 1 N–H and O–H groups in total. The minimum Gasteiger partial charge on any atom is -0.454 e. The smallest absolute Gasteiger partial charge is 0.231 e. The van der Waals surface area contributed by atoms with Gasteiger partial charge in [0.05, 0.1) is 11.3 Å². The Bertz CT molecular complexity index is 710. The summed E-state index contributed by atoms with van der Waals surface area (Å²) < 4.78 is 10.7. The molecule has 0 aliphatic carbocycles. The molecule has 1 aliphatic heterocycles. The molecular formula is C16H14N2O2S. The van der Waals surface area contributed by atoms with E-state index < -0.39 is 0 Å². The number of fused-ring (bicyclic) bond motifs is 1. The molecule has 5 heteroatoms. The molecule has 106 valence electrons. The fraction of sp³-hybridized carbons (Fsp3) is 0.188. The van der Waals surface area contributed by atoms with Crippen LogP contribution in [0.3, 0.4) is 0 Å². The summed E-state index contributed by atoms with van der Waals surface area (Å²) in [7, 11) is 0. The first-order valence-electron chi connectivity index (χ1n) is 6.51. The van der Waals surface area contributed by atoms with E-state index in [4.69, 9.17) is 9.47 Å². The molecule has 0 saturated carbocycles. The number of ether oxygens (including phenoxy) is 2. The van der Waals surface area contributed by atoms with E-state index in [-0.39, 0.29) is 6.79 Å². The van der Waals surface area contributed by atoms with Crippen LogP contribution in [0.5, 0.6) is 11.5 Å². The zero-order valence-corrected chi connectivity index (χ0v) is 12.4. The Balaban J connectivity index is 1.78. The first-order valence-corrected chi connectivity index (χ1v) is 7.74. The molecule has 0 amide bonds. The molecule has 21 heavy (non-hydrogen) atoms. The van der Waals surface area contributed by atoms with E-state index in [0.717, 1.165) is 27.6 Å². The number of nitriles is 1. The van der Waals surface area contributed by atoms with Gasteiger partial charge in [-0.2, -0.15) is 5.26 Å². The molecule has 0 saturated heterocycles. The van der Waals surface area contributed by atoms with E-state index in [9.17, 15) is 5.26 Å². The van der Waals surface area contributed by atoms with Crippen molar-refractivity contribution in [3.63, 3.8) is 0 Å². The third-order valence-electron chi connectivity index (χ3n) is 3.28. The fourth-order valence-corrected chi connectivity index (χ4v) is 2.79. The lowest BCUT2D eigenvalue weighted by atomic mass is 10.1. The van der Waals surface area contributed by atoms with Gasteiger partial charge < -0.3 is 14.8 Å². The fourth-order valence-electron chi connectivity index (χ4n) is 2.21. The first kappa shape index (κ1) is 13.7. The van der Waals surface area contributed by atoms with Crippen molar-refractivity contribution < 1.29 is 9.47 Å². The van der Waals surface area contributed by atoms with Crippen LogP contribution in [-0.2, 0) is 6.54 Å². The second-order valence-corrected chi connectivity index (χ2v) is 5.38. The van der Waals surface area contributed by atoms with Crippen molar-refractivity contribution >= 4 is 17.4 Å². The summed E-state index contributed by atoms with van der Waals surface area (Å²) >= 11 is 1.57. The maximum atomic E-state index is 9.31. The Hall–Kier alpha value is -2.32. The zero-order valence-electron chi connectivity index (χ0n) is 11.6. The highest BCUT2D eigenvalue weighted by Gasteiger charge is 2.13. The highest BCUT2D eigenvalue weighted by atomic mass is 32.2. The number of thioether (sulfide) groups is 1. The summed E-state index contributed by atoms with van der Waals surface area (Å²) in [4.78, 5) is 0.980. The lowest BCUT2D eigenvalue weighted by Gasteiger charge is -2.11. The van der Waals surface area contributed by atoms with Gasteiger partial charge in [-0.15, -0.1) is 11.8 Å². The Labute approximate surface area is 127 Å². The van der Waals surface area contributed by atoms with Gasteiger partial charge in [0.2, 0.25) is 6.79 Å². The second kappa shape index (κ2) is 5.98. The molecule has 1 aliphatic rings. The minimum absolute atomic E-state index is 0.278. The highest BCUT2D eigenvalue weighted by Crippen LogP contribution is 2.33. The lowest BCUT2D eigenvalue weighted by Crippen LogP contribution is -2.02. The van der Waals surface area contributed by atoms with E-state index in [1.807, 2.05) is 42.7 Å². The number of hydrogen-bond acceptors (Lipinski definition) is 5. The molecular weight excluding hydrogens is 284 g/mol. The largest absolute Gasteiger partial charge is 0.454 e. The van der Waals surface area contributed by atoms with Crippen LogP contribution in [0.25, 0.3) is 0 Å². The van der Waals surface area contributed by atoms with Crippen LogP contribution in [0.1, 0.15) is 11.1 Å². The third-order valence-corrected chi connectivity index (χ3v) is 4.06. The predicted octanol–water partition coefficient (Wildman–Crippen LogP) is 3.62. The van der Waals surface area contributed by atoms with Crippen LogP contribution in [0, 0.1) is 11.3 Å².